The molecular weight excluding hydrogens is 472 g/mol. The van der Waals surface area contributed by atoms with Crippen LogP contribution in [0, 0.1) is 31.1 Å². The summed E-state index contributed by atoms with van der Waals surface area (Å²) < 4.78 is 11.1. The van der Waals surface area contributed by atoms with E-state index in [1.165, 1.54) is 30.4 Å². The molecule has 202 valence electrons. The van der Waals surface area contributed by atoms with Crippen LogP contribution in [0.2, 0.25) is 0 Å². The molecule has 1 atom stereocenters. The second kappa shape index (κ2) is 11.8. The lowest BCUT2D eigenvalue weighted by molar-refractivity contribution is -0.136. The first-order valence-electron chi connectivity index (χ1n) is 14.1. The van der Waals surface area contributed by atoms with Gasteiger partial charge >= 0.3 is 5.97 Å². The zero-order valence-corrected chi connectivity index (χ0v) is 23.7. The summed E-state index contributed by atoms with van der Waals surface area (Å²) in [5.41, 5.74) is 5.50. The summed E-state index contributed by atoms with van der Waals surface area (Å²) in [6, 6.07) is 13.0. The lowest BCUT2D eigenvalue weighted by atomic mass is 9.70. The highest BCUT2D eigenvalue weighted by Gasteiger charge is 2.34. The monoisotopic (exact) mass is 514 g/mol. The number of carbonyl (C=O) groups is 1. The molecule has 1 aliphatic carbocycles. The Bertz CT molecular complexity index is 1250. The van der Waals surface area contributed by atoms with Gasteiger partial charge in [-0.3, -0.25) is 4.79 Å². The lowest BCUT2D eigenvalue weighted by Gasteiger charge is -2.35. The quantitative estimate of drug-likeness (QED) is 0.297. The summed E-state index contributed by atoms with van der Waals surface area (Å²) in [4.78, 5) is 11.3. The lowest BCUT2D eigenvalue weighted by Crippen LogP contribution is -2.33. The molecule has 0 aromatic heterocycles. The van der Waals surface area contributed by atoms with Crippen molar-refractivity contribution in [2.75, 3.05) is 6.61 Å². The average molecular weight is 515 g/mol. The molecule has 2 aromatic carbocycles. The number of cyclic esters (lactones) is 1. The van der Waals surface area contributed by atoms with Crippen molar-refractivity contribution in [2.24, 2.45) is 5.41 Å². The molecule has 4 nitrogen and oxygen atoms in total. The van der Waals surface area contributed by atoms with Gasteiger partial charge in [0.25, 0.3) is 0 Å². The Morgan fingerprint density at radius 3 is 2.26 bits per heavy atom. The second-order valence-electron chi connectivity index (χ2n) is 11.3. The van der Waals surface area contributed by atoms with E-state index in [4.69, 9.17) is 9.47 Å². The van der Waals surface area contributed by atoms with Crippen molar-refractivity contribution < 1.29 is 19.4 Å². The van der Waals surface area contributed by atoms with Crippen LogP contribution < -0.4 is 4.74 Å². The Morgan fingerprint density at radius 1 is 1.03 bits per heavy atom. The largest absolute Gasteiger partial charge is 0.485 e. The summed E-state index contributed by atoms with van der Waals surface area (Å²) in [6.45, 7) is 11.1. The highest BCUT2D eigenvalue weighted by atomic mass is 16.6. The van der Waals surface area contributed by atoms with Crippen LogP contribution in [0.25, 0.3) is 0 Å². The van der Waals surface area contributed by atoms with Gasteiger partial charge in [-0.1, -0.05) is 76.1 Å². The predicted octanol–water partition coefficient (Wildman–Crippen LogP) is 7.30. The molecule has 4 rings (SSSR count). The van der Waals surface area contributed by atoms with Gasteiger partial charge in [0.15, 0.2) is 0 Å². The minimum atomic E-state index is -0.590. The van der Waals surface area contributed by atoms with E-state index >= 15 is 0 Å². The Labute approximate surface area is 228 Å². The van der Waals surface area contributed by atoms with Crippen LogP contribution in [0.1, 0.15) is 100.0 Å². The van der Waals surface area contributed by atoms with Crippen molar-refractivity contribution in [1.82, 2.24) is 0 Å². The van der Waals surface area contributed by atoms with E-state index in [-0.39, 0.29) is 23.4 Å². The van der Waals surface area contributed by atoms with Gasteiger partial charge in [0, 0.05) is 16.4 Å². The van der Waals surface area contributed by atoms with Crippen LogP contribution in [0.15, 0.2) is 48.2 Å². The van der Waals surface area contributed by atoms with Gasteiger partial charge in [-0.05, 0) is 80.0 Å². The second-order valence-corrected chi connectivity index (χ2v) is 11.3. The highest BCUT2D eigenvalue weighted by Crippen LogP contribution is 2.41. The highest BCUT2D eigenvalue weighted by molar-refractivity contribution is 5.75. The molecule has 0 bridgehead atoms. The number of ether oxygens (including phenoxy) is 2. The zero-order valence-electron chi connectivity index (χ0n) is 23.7. The maximum atomic E-state index is 11.3. The Morgan fingerprint density at radius 2 is 1.68 bits per heavy atom. The molecule has 4 heteroatoms. The van der Waals surface area contributed by atoms with Gasteiger partial charge in [-0.15, -0.1) is 0 Å². The number of rotatable bonds is 8. The van der Waals surface area contributed by atoms with Crippen LogP contribution in [0.3, 0.4) is 0 Å². The summed E-state index contributed by atoms with van der Waals surface area (Å²) in [6.07, 6.45) is 9.15. The molecule has 1 fully saturated rings. The third-order valence-electron chi connectivity index (χ3n) is 8.82. The molecule has 0 saturated heterocycles. The number of aliphatic hydroxyl groups excluding tert-OH is 1. The van der Waals surface area contributed by atoms with E-state index in [0.29, 0.717) is 12.2 Å². The molecule has 1 N–H and O–H groups in total. The number of esters is 1. The molecule has 0 spiro atoms. The van der Waals surface area contributed by atoms with Crippen molar-refractivity contribution in [2.45, 2.75) is 97.5 Å². The fraction of sp³-hybridized carbons (Fsp3) is 0.500. The Balaban J connectivity index is 1.55. The van der Waals surface area contributed by atoms with E-state index in [2.05, 4.69) is 76.8 Å². The number of hydrogen-bond acceptors (Lipinski definition) is 4. The van der Waals surface area contributed by atoms with Crippen LogP contribution in [-0.4, -0.2) is 23.8 Å². The van der Waals surface area contributed by atoms with Crippen LogP contribution in [0.4, 0.5) is 0 Å². The standard InChI is InChI=1S/C34H42O4/c1-6-34(7-2,28-14-16-30(25(4)22-28)37-23-29-15-18-32(36)38-29)27-13-11-26(24(3)21-27)12-17-31(35)33(5)19-9-8-10-20-33/h11,13-16,21-22,31,35H,6-10,18-20,23H2,1-5H3. The molecule has 1 unspecified atom stereocenters. The van der Waals surface area contributed by atoms with Crippen LogP contribution in [-0.2, 0) is 14.9 Å². The van der Waals surface area contributed by atoms with Crippen molar-refractivity contribution in [3.05, 3.63) is 76.1 Å². The van der Waals surface area contributed by atoms with E-state index in [0.717, 1.165) is 48.1 Å². The number of aliphatic hydroxyl groups is 1. The number of benzene rings is 2. The first-order valence-corrected chi connectivity index (χ1v) is 14.1. The van der Waals surface area contributed by atoms with Gasteiger partial charge in [-0.25, -0.2) is 0 Å². The average Bonchev–Trinajstić information content (AvgIpc) is 3.34. The van der Waals surface area contributed by atoms with Crippen molar-refractivity contribution in [3.8, 4) is 17.6 Å². The molecule has 0 amide bonds. The van der Waals surface area contributed by atoms with Gasteiger partial charge in [0.05, 0.1) is 6.42 Å². The molecule has 0 radical (unpaired) electrons. The number of aryl methyl sites for hydroxylation is 2. The molecule has 1 saturated carbocycles. The predicted molar refractivity (Wildman–Crippen MR) is 152 cm³/mol. The first kappa shape index (κ1) is 28.0. The SMILES string of the molecule is CCC(CC)(c1ccc(C#CC(O)C2(C)CCCCC2)c(C)c1)c1ccc(OCC2=CCC(=O)O2)c(C)c1. The fourth-order valence-corrected chi connectivity index (χ4v) is 6.06. The summed E-state index contributed by atoms with van der Waals surface area (Å²) >= 11 is 0. The zero-order chi connectivity index (χ0) is 27.3. The third-order valence-corrected chi connectivity index (χ3v) is 8.82. The Hall–Kier alpha value is -3.03. The third kappa shape index (κ3) is 5.84. The molecule has 2 aliphatic rings. The number of carbonyl (C=O) groups excluding carboxylic acids is 1. The van der Waals surface area contributed by atoms with Crippen molar-refractivity contribution in [1.29, 1.82) is 0 Å². The summed E-state index contributed by atoms with van der Waals surface area (Å²) in [5.74, 6) is 7.62. The number of hydrogen-bond donors (Lipinski definition) is 1. The van der Waals surface area contributed by atoms with Crippen molar-refractivity contribution in [3.63, 3.8) is 0 Å². The van der Waals surface area contributed by atoms with E-state index in [1.54, 1.807) is 6.08 Å². The van der Waals surface area contributed by atoms with E-state index in [1.807, 2.05) is 6.07 Å². The van der Waals surface area contributed by atoms with Crippen LogP contribution >= 0.6 is 0 Å². The Kier molecular flexibility index (Phi) is 8.68. The van der Waals surface area contributed by atoms with Gasteiger partial charge in [0.1, 0.15) is 24.2 Å². The molecule has 1 aliphatic heterocycles. The molecular formula is C34H42O4. The maximum absolute atomic E-state index is 11.3. The smallest absolute Gasteiger partial charge is 0.314 e. The summed E-state index contributed by atoms with van der Waals surface area (Å²) in [7, 11) is 0. The first-order chi connectivity index (χ1) is 18.2. The minimum absolute atomic E-state index is 0.0924. The molecule has 38 heavy (non-hydrogen) atoms. The van der Waals surface area contributed by atoms with Gasteiger partial charge in [-0.2, -0.15) is 0 Å². The topological polar surface area (TPSA) is 55.8 Å². The van der Waals surface area contributed by atoms with Gasteiger partial charge < -0.3 is 14.6 Å². The van der Waals surface area contributed by atoms with E-state index < -0.39 is 6.10 Å². The van der Waals surface area contributed by atoms with E-state index in [9.17, 15) is 9.90 Å². The molecule has 2 aromatic rings. The minimum Gasteiger partial charge on any atom is -0.485 e. The fourth-order valence-electron chi connectivity index (χ4n) is 6.06. The van der Waals surface area contributed by atoms with Crippen molar-refractivity contribution >= 4 is 5.97 Å². The van der Waals surface area contributed by atoms with Crippen LogP contribution in [0.5, 0.6) is 5.75 Å². The normalized spacial score (nSPS) is 17.7. The summed E-state index contributed by atoms with van der Waals surface area (Å²) in [5, 5.41) is 10.8. The maximum Gasteiger partial charge on any atom is 0.314 e. The molecule has 1 heterocycles. The van der Waals surface area contributed by atoms with Gasteiger partial charge in [0.2, 0.25) is 0 Å².